The molecule has 6 N–H and O–H groups in total. The summed E-state index contributed by atoms with van der Waals surface area (Å²) in [7, 11) is 0. The number of hydrogen-bond donors (Lipinski definition) is 4. The van der Waals surface area contributed by atoms with Gasteiger partial charge >= 0.3 is 0 Å². The smallest absolute Gasteiger partial charge is 0.247 e. The minimum Gasteiger partial charge on any atom is -0.343 e. The highest BCUT2D eigenvalue weighted by atomic mass is 19.1. The van der Waals surface area contributed by atoms with Crippen LogP contribution in [-0.4, -0.2) is 42.7 Å². The molecule has 0 saturated heterocycles. The van der Waals surface area contributed by atoms with E-state index in [4.69, 9.17) is 11.5 Å². The van der Waals surface area contributed by atoms with E-state index in [9.17, 15) is 14.0 Å². The molecule has 2 aliphatic rings. The first kappa shape index (κ1) is 22.6. The molecule has 0 radical (unpaired) electrons. The number of halogens is 1. The molecular weight excluding hydrogens is 397 g/mol. The zero-order chi connectivity index (χ0) is 22.2. The fourth-order valence-corrected chi connectivity index (χ4v) is 3.45. The molecule has 0 spiro atoms. The number of aliphatic imine (C=N–C) groups is 1. The zero-order valence-electron chi connectivity index (χ0n) is 17.3. The number of dihydropyridines is 1. The van der Waals surface area contributed by atoms with Gasteiger partial charge in [0.1, 0.15) is 11.9 Å². The van der Waals surface area contributed by atoms with E-state index in [2.05, 4.69) is 15.6 Å². The highest BCUT2D eigenvalue weighted by Crippen LogP contribution is 2.22. The molecule has 1 aliphatic heterocycles. The highest BCUT2D eigenvalue weighted by molar-refractivity contribution is 5.91. The molecule has 3 rings (SSSR count). The minimum absolute atomic E-state index is 0.0703. The number of rotatable bonds is 9. The number of carbonyl (C=O) groups is 2. The first-order chi connectivity index (χ1) is 15.0. The summed E-state index contributed by atoms with van der Waals surface area (Å²) in [5.41, 5.74) is 13.8. The van der Waals surface area contributed by atoms with Crippen LogP contribution in [-0.2, 0) is 16.0 Å². The van der Waals surface area contributed by atoms with Crippen molar-refractivity contribution >= 4 is 18.0 Å². The van der Waals surface area contributed by atoms with Gasteiger partial charge in [-0.25, -0.2) is 4.39 Å². The number of fused-ring (bicyclic) bond motifs is 1. The third kappa shape index (κ3) is 6.44. The molecule has 31 heavy (non-hydrogen) atoms. The first-order valence-electron chi connectivity index (χ1n) is 10.4. The van der Waals surface area contributed by atoms with Crippen LogP contribution in [0.5, 0.6) is 0 Å². The van der Waals surface area contributed by atoms with Gasteiger partial charge in [-0.1, -0.05) is 24.3 Å². The fourth-order valence-electron chi connectivity index (χ4n) is 3.45. The van der Waals surface area contributed by atoms with E-state index in [1.165, 1.54) is 12.1 Å². The van der Waals surface area contributed by atoms with Gasteiger partial charge in [-0.3, -0.25) is 14.6 Å². The number of carbonyl (C=O) groups excluding carboxylic acids is 2. The quantitative estimate of drug-likeness (QED) is 0.476. The van der Waals surface area contributed by atoms with Gasteiger partial charge in [-0.15, -0.1) is 0 Å². The molecule has 1 aromatic rings. The summed E-state index contributed by atoms with van der Waals surface area (Å²) in [4.78, 5) is 30.0. The number of allylic oxidation sites excluding steroid dienone is 2. The lowest BCUT2D eigenvalue weighted by molar-refractivity contribution is -0.129. The summed E-state index contributed by atoms with van der Waals surface area (Å²) in [6, 6.07) is 4.28. The van der Waals surface area contributed by atoms with E-state index >= 15 is 0 Å². The van der Waals surface area contributed by atoms with Gasteiger partial charge in [0, 0.05) is 18.3 Å². The van der Waals surface area contributed by atoms with Crippen molar-refractivity contribution in [3.63, 3.8) is 0 Å². The van der Waals surface area contributed by atoms with Gasteiger partial charge in [0.05, 0.1) is 12.1 Å². The van der Waals surface area contributed by atoms with Crippen LogP contribution >= 0.6 is 0 Å². The molecule has 7 nitrogen and oxygen atoms in total. The molecular formula is C23H28FN5O2. The van der Waals surface area contributed by atoms with Crippen molar-refractivity contribution in [2.24, 2.45) is 16.5 Å². The number of nitrogens with one attached hydrogen (secondary N) is 2. The Morgan fingerprint density at radius 3 is 2.74 bits per heavy atom. The Bertz CT molecular complexity index is 920. The highest BCUT2D eigenvalue weighted by Gasteiger charge is 2.25. The monoisotopic (exact) mass is 425 g/mol. The van der Waals surface area contributed by atoms with Gasteiger partial charge < -0.3 is 22.1 Å². The Balaban J connectivity index is 1.70. The molecule has 1 aliphatic carbocycles. The average Bonchev–Trinajstić information content (AvgIpc) is 2.78. The van der Waals surface area contributed by atoms with Gasteiger partial charge in [0.15, 0.2) is 0 Å². The first-order valence-corrected chi connectivity index (χ1v) is 10.4. The van der Waals surface area contributed by atoms with Crippen molar-refractivity contribution in [1.29, 1.82) is 0 Å². The molecule has 3 atom stereocenters. The van der Waals surface area contributed by atoms with Crippen LogP contribution in [0.3, 0.4) is 0 Å². The number of nitrogens with two attached hydrogens (primary N) is 2. The molecule has 0 bridgehead atoms. The third-order valence-corrected chi connectivity index (χ3v) is 5.22. The summed E-state index contributed by atoms with van der Waals surface area (Å²) in [5, 5.41) is 5.62. The zero-order valence-corrected chi connectivity index (χ0v) is 17.3. The maximum Gasteiger partial charge on any atom is 0.247 e. The van der Waals surface area contributed by atoms with Gasteiger partial charge in [0.25, 0.3) is 0 Å². The third-order valence-electron chi connectivity index (χ3n) is 5.22. The maximum absolute atomic E-state index is 13.3. The van der Waals surface area contributed by atoms with Crippen molar-refractivity contribution in [2.45, 2.75) is 43.8 Å². The molecule has 0 aromatic heterocycles. The van der Waals surface area contributed by atoms with Crippen LogP contribution in [0.2, 0.25) is 0 Å². The second-order valence-corrected chi connectivity index (χ2v) is 7.63. The maximum atomic E-state index is 13.3. The van der Waals surface area contributed by atoms with Crippen molar-refractivity contribution in [1.82, 2.24) is 10.6 Å². The van der Waals surface area contributed by atoms with Gasteiger partial charge in [0.2, 0.25) is 11.8 Å². The minimum atomic E-state index is -0.862. The summed E-state index contributed by atoms with van der Waals surface area (Å²) < 4.78 is 13.3. The Morgan fingerprint density at radius 1 is 1.23 bits per heavy atom. The molecule has 0 fully saturated rings. The number of hydrogen-bond acceptors (Lipinski definition) is 5. The molecule has 2 amide bonds. The predicted octanol–water partition coefficient (Wildman–Crippen LogP) is 1.26. The number of amides is 2. The van der Waals surface area contributed by atoms with E-state index in [1.807, 2.05) is 24.3 Å². The van der Waals surface area contributed by atoms with Crippen LogP contribution in [0.4, 0.5) is 4.39 Å². The lowest BCUT2D eigenvalue weighted by Crippen LogP contribution is -2.52. The Labute approximate surface area is 181 Å². The van der Waals surface area contributed by atoms with Crippen molar-refractivity contribution in [3.8, 4) is 0 Å². The lowest BCUT2D eigenvalue weighted by atomic mass is 9.95. The second kappa shape index (κ2) is 10.8. The second-order valence-electron chi connectivity index (χ2n) is 7.63. The van der Waals surface area contributed by atoms with Crippen LogP contribution in [0.25, 0.3) is 0 Å². The summed E-state index contributed by atoms with van der Waals surface area (Å²) in [6.45, 7) is 0.433. The normalized spacial score (nSPS) is 19.0. The number of benzene rings is 1. The Morgan fingerprint density at radius 2 is 2.00 bits per heavy atom. The molecule has 1 heterocycles. The largest absolute Gasteiger partial charge is 0.343 e. The van der Waals surface area contributed by atoms with Crippen molar-refractivity contribution in [3.05, 3.63) is 71.2 Å². The Hall–Kier alpha value is -3.10. The Kier molecular flexibility index (Phi) is 7.86. The van der Waals surface area contributed by atoms with Crippen molar-refractivity contribution < 1.29 is 14.0 Å². The van der Waals surface area contributed by atoms with Crippen LogP contribution < -0.4 is 22.1 Å². The number of nitrogens with zero attached hydrogens (tertiary/aromatic N) is 1. The summed E-state index contributed by atoms with van der Waals surface area (Å²) >= 11 is 0. The summed E-state index contributed by atoms with van der Waals surface area (Å²) in [5.74, 6) is -1.15. The predicted molar refractivity (Wildman–Crippen MR) is 119 cm³/mol. The van der Waals surface area contributed by atoms with Crippen molar-refractivity contribution in [2.75, 3.05) is 6.54 Å². The van der Waals surface area contributed by atoms with E-state index in [1.54, 1.807) is 18.3 Å². The van der Waals surface area contributed by atoms with Crippen LogP contribution in [0.15, 0.2) is 64.8 Å². The van der Waals surface area contributed by atoms with E-state index in [0.29, 0.717) is 31.5 Å². The molecule has 164 valence electrons. The average molecular weight is 426 g/mol. The van der Waals surface area contributed by atoms with E-state index < -0.39 is 18.0 Å². The fraction of sp³-hybridized carbons (Fsp3) is 0.348. The van der Waals surface area contributed by atoms with E-state index in [-0.39, 0.29) is 24.2 Å². The summed E-state index contributed by atoms with van der Waals surface area (Å²) in [6.07, 6.45) is 11.3. The van der Waals surface area contributed by atoms with E-state index in [0.717, 1.165) is 11.1 Å². The van der Waals surface area contributed by atoms with Gasteiger partial charge in [-0.05, 0) is 61.2 Å². The SMILES string of the molecule is NCCC[C@H](N)C(=O)N[C@H](Cc1ccc(F)cc1)C(=O)NC1=CCC2N=CC=CC2=C1. The topological polar surface area (TPSA) is 123 Å². The molecule has 1 aromatic carbocycles. The molecule has 8 heteroatoms. The van der Waals surface area contributed by atoms with Gasteiger partial charge in [-0.2, -0.15) is 0 Å². The van der Waals surface area contributed by atoms with Crippen LogP contribution in [0, 0.1) is 5.82 Å². The van der Waals surface area contributed by atoms with Crippen LogP contribution in [0.1, 0.15) is 24.8 Å². The lowest BCUT2D eigenvalue weighted by Gasteiger charge is -2.24. The molecule has 1 unspecified atom stereocenters. The standard InChI is InChI=1S/C23H28FN5O2/c24-17-7-5-15(6-8-17)13-21(29-22(30)19(26)4-1-11-25)23(31)28-18-9-10-20-16(14-18)3-2-12-27-20/h2-3,5-9,12,14,19-21H,1,4,10-11,13,25-26H2,(H,28,31)(H,29,30)/t19-,20?,21+/m0/s1. The molecule has 0 saturated carbocycles.